The lowest BCUT2D eigenvalue weighted by atomic mass is 10.1. The molecule has 3 heterocycles. The van der Waals surface area contributed by atoms with Gasteiger partial charge in [-0.2, -0.15) is 5.10 Å². The molecule has 2 aromatic heterocycles. The Labute approximate surface area is 151 Å². The van der Waals surface area contributed by atoms with Crippen LogP contribution in [0.1, 0.15) is 22.4 Å². The molecule has 0 aliphatic carbocycles. The molecule has 25 heavy (non-hydrogen) atoms. The molecule has 0 bridgehead atoms. The minimum absolute atomic E-state index is 0.000196. The predicted molar refractivity (Wildman–Crippen MR) is 97.3 cm³/mol. The van der Waals surface area contributed by atoms with E-state index in [0.29, 0.717) is 13.1 Å². The van der Waals surface area contributed by atoms with Crippen molar-refractivity contribution in [2.45, 2.75) is 26.9 Å². The summed E-state index contributed by atoms with van der Waals surface area (Å²) >= 11 is 5.72. The number of amides is 1. The molecule has 4 rings (SSSR count). The Bertz CT molecular complexity index is 943. The van der Waals surface area contributed by atoms with Gasteiger partial charge in [-0.1, -0.05) is 17.7 Å². The summed E-state index contributed by atoms with van der Waals surface area (Å²) in [5.41, 5.74) is 5.46. The molecule has 0 radical (unpaired) electrons. The molecule has 1 aliphatic heterocycles. The van der Waals surface area contributed by atoms with Crippen LogP contribution in [0.4, 0.5) is 0 Å². The first-order chi connectivity index (χ1) is 12.1. The van der Waals surface area contributed by atoms with Crippen LogP contribution >= 0.6 is 11.6 Å². The number of aryl methyl sites for hydroxylation is 2. The second-order valence-electron chi connectivity index (χ2n) is 6.42. The third kappa shape index (κ3) is 2.65. The molecule has 0 atom stereocenters. The van der Waals surface area contributed by atoms with Crippen molar-refractivity contribution in [3.63, 3.8) is 0 Å². The maximum atomic E-state index is 12.0. The van der Waals surface area contributed by atoms with Crippen LogP contribution in [0.15, 0.2) is 42.7 Å². The fourth-order valence-electron chi connectivity index (χ4n) is 3.41. The number of alkyl halides is 1. The minimum Gasteiger partial charge on any atom is -0.331 e. The lowest BCUT2D eigenvalue weighted by Gasteiger charge is -2.17. The fraction of sp³-hybridized carbons (Fsp3) is 0.263. The summed E-state index contributed by atoms with van der Waals surface area (Å²) in [6, 6.07) is 10.3. The first-order valence-electron chi connectivity index (χ1n) is 8.24. The molecule has 1 aliphatic rings. The Kier molecular flexibility index (Phi) is 3.88. The van der Waals surface area contributed by atoms with Crippen molar-refractivity contribution in [1.29, 1.82) is 0 Å². The number of rotatable bonds is 3. The zero-order chi connectivity index (χ0) is 17.6. The highest BCUT2D eigenvalue weighted by Gasteiger charge is 2.31. The summed E-state index contributed by atoms with van der Waals surface area (Å²) in [7, 11) is 0. The molecular formula is C19H19ClN4O. The third-order valence-corrected chi connectivity index (χ3v) is 4.85. The van der Waals surface area contributed by atoms with Crippen LogP contribution in [0.5, 0.6) is 0 Å². The van der Waals surface area contributed by atoms with Crippen LogP contribution in [-0.2, 0) is 17.9 Å². The summed E-state index contributed by atoms with van der Waals surface area (Å²) in [6.07, 6.45) is 4.01. The molecule has 5 nitrogen and oxygen atoms in total. The van der Waals surface area contributed by atoms with Crippen molar-refractivity contribution < 1.29 is 4.79 Å². The number of aromatic nitrogens is 3. The molecule has 0 spiro atoms. The predicted octanol–water partition coefficient (Wildman–Crippen LogP) is 3.36. The number of halogens is 1. The Balaban J connectivity index is 1.86. The Morgan fingerprint density at radius 3 is 2.64 bits per heavy atom. The van der Waals surface area contributed by atoms with Gasteiger partial charge in [-0.05, 0) is 37.6 Å². The molecule has 0 N–H and O–H groups in total. The highest BCUT2D eigenvalue weighted by atomic mass is 35.5. The zero-order valence-electron chi connectivity index (χ0n) is 14.2. The summed E-state index contributed by atoms with van der Waals surface area (Å²) in [4.78, 5) is 13.7. The van der Waals surface area contributed by atoms with E-state index in [4.69, 9.17) is 16.7 Å². The smallest absolute Gasteiger partial charge is 0.238 e. The van der Waals surface area contributed by atoms with E-state index in [0.717, 1.165) is 22.8 Å². The Hall–Kier alpha value is -2.53. The number of benzene rings is 1. The van der Waals surface area contributed by atoms with Crippen LogP contribution in [-0.4, -0.2) is 31.0 Å². The van der Waals surface area contributed by atoms with Crippen molar-refractivity contribution in [2.24, 2.45) is 0 Å². The molecule has 1 aromatic carbocycles. The largest absolute Gasteiger partial charge is 0.331 e. The molecule has 6 heteroatoms. The van der Waals surface area contributed by atoms with Gasteiger partial charge in [0.2, 0.25) is 5.91 Å². The van der Waals surface area contributed by atoms with Crippen LogP contribution in [0.25, 0.3) is 11.5 Å². The van der Waals surface area contributed by atoms with E-state index in [2.05, 4.69) is 36.6 Å². The van der Waals surface area contributed by atoms with Crippen LogP contribution in [0.2, 0.25) is 0 Å². The Morgan fingerprint density at radius 1 is 1.20 bits per heavy atom. The average Bonchev–Trinajstić information content (AvgIpc) is 3.29. The van der Waals surface area contributed by atoms with Crippen LogP contribution in [0, 0.1) is 13.8 Å². The SMILES string of the molecule is Cc1ccc(-n2nc3c(c2-n2cccc2)CN(C(=O)CCl)C3)c(C)c1. The van der Waals surface area contributed by atoms with E-state index in [-0.39, 0.29) is 11.8 Å². The number of hydrogen-bond acceptors (Lipinski definition) is 2. The normalized spacial score (nSPS) is 13.3. The van der Waals surface area contributed by atoms with Crippen LogP contribution in [0.3, 0.4) is 0 Å². The van der Waals surface area contributed by atoms with Crippen molar-refractivity contribution >= 4 is 17.5 Å². The van der Waals surface area contributed by atoms with Gasteiger partial charge in [0, 0.05) is 18.0 Å². The monoisotopic (exact) mass is 354 g/mol. The van der Waals surface area contributed by atoms with E-state index in [9.17, 15) is 4.79 Å². The van der Waals surface area contributed by atoms with Crippen molar-refractivity contribution in [3.05, 3.63) is 65.1 Å². The topological polar surface area (TPSA) is 43.1 Å². The first kappa shape index (κ1) is 16.0. The maximum Gasteiger partial charge on any atom is 0.238 e. The second-order valence-corrected chi connectivity index (χ2v) is 6.69. The fourth-order valence-corrected chi connectivity index (χ4v) is 3.58. The molecule has 1 amide bonds. The van der Waals surface area contributed by atoms with Gasteiger partial charge in [0.15, 0.2) is 0 Å². The molecule has 3 aromatic rings. The third-order valence-electron chi connectivity index (χ3n) is 4.63. The molecular weight excluding hydrogens is 336 g/mol. The average molecular weight is 355 g/mol. The van der Waals surface area contributed by atoms with Gasteiger partial charge >= 0.3 is 0 Å². The number of nitrogens with zero attached hydrogens (tertiary/aromatic N) is 4. The zero-order valence-corrected chi connectivity index (χ0v) is 15.0. The van der Waals surface area contributed by atoms with Gasteiger partial charge in [-0.3, -0.25) is 4.79 Å². The molecule has 0 unspecified atom stereocenters. The molecule has 0 saturated heterocycles. The first-order valence-corrected chi connectivity index (χ1v) is 8.77. The maximum absolute atomic E-state index is 12.0. The minimum atomic E-state index is -0.0591. The van der Waals surface area contributed by atoms with Crippen molar-refractivity contribution in [2.75, 3.05) is 5.88 Å². The van der Waals surface area contributed by atoms with Gasteiger partial charge in [-0.15, -0.1) is 11.6 Å². The van der Waals surface area contributed by atoms with Gasteiger partial charge in [-0.25, -0.2) is 4.68 Å². The lowest BCUT2D eigenvalue weighted by molar-refractivity contribution is -0.129. The second kappa shape index (κ2) is 6.08. The number of carbonyl (C=O) groups is 1. The van der Waals surface area contributed by atoms with E-state index < -0.39 is 0 Å². The van der Waals surface area contributed by atoms with Gasteiger partial charge in [0.1, 0.15) is 11.7 Å². The summed E-state index contributed by atoms with van der Waals surface area (Å²) in [5, 5.41) is 4.83. The Morgan fingerprint density at radius 2 is 1.96 bits per heavy atom. The van der Waals surface area contributed by atoms with E-state index in [1.54, 1.807) is 4.90 Å². The molecule has 0 saturated carbocycles. The standard InChI is InChI=1S/C19H19ClN4O/c1-13-5-6-17(14(2)9-13)24-19(22-7-3-4-8-22)15-11-23(18(25)10-20)12-16(15)21-24/h3-9H,10-12H2,1-2H3. The van der Waals surface area contributed by atoms with Crippen molar-refractivity contribution in [1.82, 2.24) is 19.2 Å². The number of fused-ring (bicyclic) bond motifs is 1. The summed E-state index contributed by atoms with van der Waals surface area (Å²) in [6.45, 7) is 5.23. The highest BCUT2D eigenvalue weighted by Crippen LogP contribution is 2.31. The molecule has 128 valence electrons. The summed E-state index contributed by atoms with van der Waals surface area (Å²) < 4.78 is 4.04. The van der Waals surface area contributed by atoms with E-state index in [1.807, 2.05) is 29.2 Å². The van der Waals surface area contributed by atoms with E-state index >= 15 is 0 Å². The summed E-state index contributed by atoms with van der Waals surface area (Å²) in [5.74, 6) is 0.924. The lowest BCUT2D eigenvalue weighted by Crippen LogP contribution is -2.27. The molecule has 0 fully saturated rings. The quantitative estimate of drug-likeness (QED) is 0.677. The number of carbonyl (C=O) groups excluding carboxylic acids is 1. The van der Waals surface area contributed by atoms with E-state index in [1.165, 1.54) is 11.1 Å². The van der Waals surface area contributed by atoms with Crippen molar-refractivity contribution in [3.8, 4) is 11.5 Å². The highest BCUT2D eigenvalue weighted by molar-refractivity contribution is 6.27. The van der Waals surface area contributed by atoms with Gasteiger partial charge < -0.3 is 9.47 Å². The van der Waals surface area contributed by atoms with Crippen LogP contribution < -0.4 is 0 Å². The number of hydrogen-bond donors (Lipinski definition) is 0. The van der Waals surface area contributed by atoms with Gasteiger partial charge in [0.25, 0.3) is 0 Å². The van der Waals surface area contributed by atoms with Gasteiger partial charge in [0.05, 0.1) is 24.5 Å².